The molecule has 1 rings (SSSR count). The molecule has 0 saturated carbocycles. The minimum Gasteiger partial charge on any atom is -0.166 e. The van der Waals surface area contributed by atoms with E-state index in [1.54, 1.807) is 13.8 Å². The largest absolute Gasteiger partial charge is 0.416 e. The first kappa shape index (κ1) is 10.6. The Balaban J connectivity index is 2.99. The van der Waals surface area contributed by atoms with Crippen molar-refractivity contribution < 1.29 is 13.2 Å². The number of allylic oxidation sites excluding steroid dienone is 4. The Kier molecular flexibility index (Phi) is 2.50. The molecule has 0 nitrogen and oxygen atoms in total. The van der Waals surface area contributed by atoms with Crippen molar-refractivity contribution in [1.82, 2.24) is 0 Å². The average Bonchev–Trinajstić information content (AvgIpc) is 1.92. The summed E-state index contributed by atoms with van der Waals surface area (Å²) < 4.78 is 36.7. The maximum absolute atomic E-state index is 12.2. The van der Waals surface area contributed by atoms with Gasteiger partial charge in [-0.05, 0) is 12.8 Å². The molecule has 2 unspecified atom stereocenters. The number of hydrogen-bond donors (Lipinski definition) is 0. The Morgan fingerprint density at radius 3 is 2.38 bits per heavy atom. The molecular weight excluding hydrogens is 201 g/mol. The third-order valence-electron chi connectivity index (χ3n) is 2.22. The van der Waals surface area contributed by atoms with Gasteiger partial charge in [0.1, 0.15) is 0 Å². The van der Waals surface area contributed by atoms with Gasteiger partial charge < -0.3 is 0 Å². The quantitative estimate of drug-likeness (QED) is 0.535. The minimum absolute atomic E-state index is 0.0831. The predicted octanol–water partition coefficient (Wildman–Crippen LogP) is 3.68. The Hall–Kier alpha value is -0.440. The van der Waals surface area contributed by atoms with Crippen molar-refractivity contribution in [2.24, 2.45) is 5.92 Å². The molecule has 74 valence electrons. The summed E-state index contributed by atoms with van der Waals surface area (Å²) in [6.45, 7) is 3.36. The maximum atomic E-state index is 12.2. The first-order valence-electron chi connectivity index (χ1n) is 3.90. The number of hydrogen-bond acceptors (Lipinski definition) is 0. The van der Waals surface area contributed by atoms with E-state index >= 15 is 0 Å². The van der Waals surface area contributed by atoms with E-state index in [0.29, 0.717) is 0 Å². The third kappa shape index (κ3) is 2.27. The van der Waals surface area contributed by atoms with Crippen LogP contribution in [0.3, 0.4) is 0 Å². The first-order valence-corrected chi connectivity index (χ1v) is 4.28. The lowest BCUT2D eigenvalue weighted by Crippen LogP contribution is -2.28. The van der Waals surface area contributed by atoms with Crippen molar-refractivity contribution >= 4 is 11.6 Å². The Morgan fingerprint density at radius 2 is 2.00 bits per heavy atom. The molecule has 0 radical (unpaired) electrons. The van der Waals surface area contributed by atoms with E-state index in [1.807, 2.05) is 0 Å². The van der Waals surface area contributed by atoms with Crippen molar-refractivity contribution in [3.05, 3.63) is 23.8 Å². The van der Waals surface area contributed by atoms with Crippen molar-refractivity contribution in [3.8, 4) is 0 Å². The highest BCUT2D eigenvalue weighted by molar-refractivity contribution is 6.25. The highest BCUT2D eigenvalue weighted by atomic mass is 35.5. The molecule has 0 aliphatic heterocycles. The van der Waals surface area contributed by atoms with Gasteiger partial charge in [-0.1, -0.05) is 25.2 Å². The Bertz CT molecular complexity index is 261. The van der Waals surface area contributed by atoms with Crippen LogP contribution in [0.2, 0.25) is 0 Å². The average molecular weight is 211 g/mol. The summed E-state index contributed by atoms with van der Waals surface area (Å²) in [7, 11) is 0. The zero-order valence-electron chi connectivity index (χ0n) is 7.32. The van der Waals surface area contributed by atoms with E-state index in [4.69, 9.17) is 11.6 Å². The lowest BCUT2D eigenvalue weighted by atomic mass is 9.87. The van der Waals surface area contributed by atoms with Gasteiger partial charge in [0.25, 0.3) is 0 Å². The summed E-state index contributed by atoms with van der Waals surface area (Å²) in [4.78, 5) is -0.931. The van der Waals surface area contributed by atoms with Gasteiger partial charge in [0.05, 0.1) is 10.4 Å². The molecule has 0 fully saturated rings. The van der Waals surface area contributed by atoms with Crippen LogP contribution in [-0.4, -0.2) is 11.1 Å². The van der Waals surface area contributed by atoms with E-state index in [0.717, 1.165) is 12.2 Å². The van der Waals surface area contributed by atoms with Gasteiger partial charge in [0.2, 0.25) is 0 Å². The van der Waals surface area contributed by atoms with Crippen LogP contribution in [0.5, 0.6) is 0 Å². The molecule has 0 saturated heterocycles. The monoisotopic (exact) mass is 210 g/mol. The second-order valence-electron chi connectivity index (χ2n) is 3.40. The molecule has 0 aromatic heterocycles. The summed E-state index contributed by atoms with van der Waals surface area (Å²) in [6, 6.07) is 0. The van der Waals surface area contributed by atoms with Crippen LogP contribution in [0.1, 0.15) is 13.8 Å². The zero-order valence-corrected chi connectivity index (χ0v) is 8.08. The van der Waals surface area contributed by atoms with E-state index in [-0.39, 0.29) is 5.92 Å². The molecule has 1 aliphatic carbocycles. The van der Waals surface area contributed by atoms with E-state index in [2.05, 4.69) is 0 Å². The fraction of sp³-hybridized carbons (Fsp3) is 0.556. The molecule has 0 aromatic rings. The number of rotatable bonds is 0. The number of alkyl halides is 4. The van der Waals surface area contributed by atoms with Gasteiger partial charge >= 0.3 is 6.18 Å². The van der Waals surface area contributed by atoms with Crippen LogP contribution < -0.4 is 0 Å². The minimum atomic E-state index is -4.30. The molecule has 0 bridgehead atoms. The summed E-state index contributed by atoms with van der Waals surface area (Å²) >= 11 is 5.90. The van der Waals surface area contributed by atoms with Gasteiger partial charge in [-0.25, -0.2) is 0 Å². The Morgan fingerprint density at radius 1 is 1.46 bits per heavy atom. The van der Waals surface area contributed by atoms with Crippen LogP contribution in [0, 0.1) is 5.92 Å². The molecule has 0 amide bonds. The fourth-order valence-electron chi connectivity index (χ4n) is 1.10. The summed E-state index contributed by atoms with van der Waals surface area (Å²) in [6.07, 6.45) is -0.670. The molecule has 2 atom stereocenters. The molecule has 13 heavy (non-hydrogen) atoms. The van der Waals surface area contributed by atoms with Crippen molar-refractivity contribution in [3.63, 3.8) is 0 Å². The lowest BCUT2D eigenvalue weighted by Gasteiger charge is -2.28. The fourth-order valence-corrected chi connectivity index (χ4v) is 1.29. The molecule has 0 N–H and O–H groups in total. The van der Waals surface area contributed by atoms with Gasteiger partial charge in [-0.3, -0.25) is 0 Å². The van der Waals surface area contributed by atoms with Crippen LogP contribution in [0.25, 0.3) is 0 Å². The smallest absolute Gasteiger partial charge is 0.166 e. The highest BCUT2D eigenvalue weighted by Gasteiger charge is 2.38. The number of halogens is 4. The van der Waals surface area contributed by atoms with Crippen molar-refractivity contribution in [2.45, 2.75) is 24.9 Å². The van der Waals surface area contributed by atoms with Gasteiger partial charge in [-0.2, -0.15) is 13.2 Å². The topological polar surface area (TPSA) is 0 Å². The van der Waals surface area contributed by atoms with Crippen LogP contribution >= 0.6 is 11.6 Å². The summed E-state index contributed by atoms with van der Waals surface area (Å²) in [5.41, 5.74) is -0.664. The van der Waals surface area contributed by atoms with Gasteiger partial charge in [0.15, 0.2) is 0 Å². The van der Waals surface area contributed by atoms with E-state index in [9.17, 15) is 13.2 Å². The predicted molar refractivity (Wildman–Crippen MR) is 46.7 cm³/mol. The van der Waals surface area contributed by atoms with E-state index < -0.39 is 16.6 Å². The second-order valence-corrected chi connectivity index (χ2v) is 4.21. The highest BCUT2D eigenvalue weighted by Crippen LogP contribution is 2.38. The maximum Gasteiger partial charge on any atom is 0.416 e. The third-order valence-corrected chi connectivity index (χ3v) is 2.67. The molecule has 0 spiro atoms. The van der Waals surface area contributed by atoms with Crippen molar-refractivity contribution in [1.29, 1.82) is 0 Å². The van der Waals surface area contributed by atoms with E-state index in [1.165, 1.54) is 6.08 Å². The van der Waals surface area contributed by atoms with Gasteiger partial charge in [-0.15, -0.1) is 11.6 Å². The van der Waals surface area contributed by atoms with Crippen LogP contribution in [0.4, 0.5) is 13.2 Å². The van der Waals surface area contributed by atoms with Crippen LogP contribution in [0.15, 0.2) is 23.8 Å². The molecule has 0 aromatic carbocycles. The summed E-state index contributed by atoms with van der Waals surface area (Å²) in [5, 5.41) is 0. The molecule has 4 heteroatoms. The summed E-state index contributed by atoms with van der Waals surface area (Å²) in [5.74, 6) is -0.0831. The lowest BCUT2D eigenvalue weighted by molar-refractivity contribution is -0.0889. The van der Waals surface area contributed by atoms with Gasteiger partial charge in [0, 0.05) is 0 Å². The standard InChI is InChI=1S/C9H10ClF3/c1-6-3-4-7(9(11,12)13)5-8(6,2)10/h3-6H,1-2H3. The normalized spacial score (nSPS) is 34.6. The second kappa shape index (κ2) is 3.05. The van der Waals surface area contributed by atoms with Crippen molar-refractivity contribution in [2.75, 3.05) is 0 Å². The van der Waals surface area contributed by atoms with Crippen LogP contribution in [-0.2, 0) is 0 Å². The Labute approximate surface area is 80.1 Å². The molecular formula is C9H10ClF3. The molecule has 1 aliphatic rings. The first-order chi connectivity index (χ1) is 5.73. The zero-order chi connectivity index (χ0) is 10.3. The molecule has 0 heterocycles. The SMILES string of the molecule is CC1C=CC(C(F)(F)F)=CC1(C)Cl.